The smallest absolute Gasteiger partial charge is 0.247 e. The Morgan fingerprint density at radius 1 is 1.40 bits per heavy atom. The second-order valence-electron chi connectivity index (χ2n) is 6.38. The molecule has 0 heterocycles. The molecule has 0 aromatic heterocycles. The lowest BCUT2D eigenvalue weighted by atomic mass is 9.66. The fraction of sp³-hybridized carbons (Fsp3) is 0.917. The second-order valence-corrected chi connectivity index (χ2v) is 6.81. The average Bonchev–Trinajstić information content (AvgIpc) is 2.98. The largest absolute Gasteiger partial charge is 0.368 e. The average molecular weight is 225 g/mol. The number of carbonyl (C=O) groups is 1. The van der Waals surface area contributed by atoms with Gasteiger partial charge in [-0.25, -0.2) is 0 Å². The Morgan fingerprint density at radius 2 is 2.20 bits per heavy atom. The maximum absolute atomic E-state index is 10.7. The van der Waals surface area contributed by atoms with E-state index >= 15 is 0 Å². The Bertz CT molecular complexity index is 422. The van der Waals surface area contributed by atoms with Gasteiger partial charge in [-0.3, -0.25) is 4.79 Å². The van der Waals surface area contributed by atoms with Crippen molar-refractivity contribution in [2.24, 2.45) is 28.1 Å². The standard InChI is InChI=1S/C12H13ClO2/c13-7(14)4-15-9-8-6-3-10(6)1-2-11(8)5-12(9,10)11/h6,8-9H,1-5H2/t6?,8-,9?,10?,11?,12?/m1/s1. The van der Waals surface area contributed by atoms with Crippen molar-refractivity contribution in [3.05, 3.63) is 0 Å². The van der Waals surface area contributed by atoms with Crippen LogP contribution in [0.4, 0.5) is 0 Å². The van der Waals surface area contributed by atoms with E-state index in [1.54, 1.807) is 0 Å². The molecular formula is C12H13ClO2. The number of rotatable bonds is 3. The molecule has 5 unspecified atom stereocenters. The lowest BCUT2D eigenvalue weighted by Gasteiger charge is -2.44. The first kappa shape index (κ1) is 8.08. The molecular weight excluding hydrogens is 212 g/mol. The lowest BCUT2D eigenvalue weighted by Crippen LogP contribution is -2.48. The maximum Gasteiger partial charge on any atom is 0.247 e. The highest BCUT2D eigenvalue weighted by Crippen LogP contribution is 3.07. The van der Waals surface area contributed by atoms with E-state index in [4.69, 9.17) is 16.3 Å². The third-order valence-corrected chi connectivity index (χ3v) is 6.77. The number of halogens is 1. The topological polar surface area (TPSA) is 26.3 Å². The molecule has 0 saturated heterocycles. The fourth-order valence-electron chi connectivity index (χ4n) is 6.46. The Morgan fingerprint density at radius 3 is 2.80 bits per heavy atom. The number of hydrogen-bond donors (Lipinski definition) is 0. The van der Waals surface area contributed by atoms with Crippen molar-refractivity contribution in [2.45, 2.75) is 31.8 Å². The van der Waals surface area contributed by atoms with Crippen LogP contribution >= 0.6 is 11.6 Å². The molecule has 5 saturated carbocycles. The summed E-state index contributed by atoms with van der Waals surface area (Å²) in [5, 5.41) is -0.342. The number of hydrogen-bond acceptors (Lipinski definition) is 2. The van der Waals surface area contributed by atoms with Gasteiger partial charge in [-0.15, -0.1) is 0 Å². The summed E-state index contributed by atoms with van der Waals surface area (Å²) in [5.74, 6) is 1.78. The summed E-state index contributed by atoms with van der Waals surface area (Å²) >= 11 is 5.35. The Labute approximate surface area is 93.3 Å². The van der Waals surface area contributed by atoms with Crippen LogP contribution in [0.2, 0.25) is 0 Å². The van der Waals surface area contributed by atoms with Crippen LogP contribution in [0.15, 0.2) is 0 Å². The Kier molecular flexibility index (Phi) is 0.970. The zero-order valence-corrected chi connectivity index (χ0v) is 9.22. The van der Waals surface area contributed by atoms with E-state index < -0.39 is 0 Å². The van der Waals surface area contributed by atoms with E-state index in [9.17, 15) is 4.79 Å². The molecule has 0 radical (unpaired) electrons. The molecule has 0 N–H and O–H groups in total. The summed E-state index contributed by atoms with van der Waals surface area (Å²) in [5.41, 5.74) is 1.94. The molecule has 0 aromatic rings. The molecule has 5 aliphatic rings. The van der Waals surface area contributed by atoms with Gasteiger partial charge in [-0.2, -0.15) is 0 Å². The minimum atomic E-state index is -0.342. The van der Waals surface area contributed by atoms with Crippen LogP contribution in [0.5, 0.6) is 0 Å². The van der Waals surface area contributed by atoms with E-state index in [2.05, 4.69) is 0 Å². The van der Waals surface area contributed by atoms with Crippen molar-refractivity contribution in [1.29, 1.82) is 0 Å². The first-order valence-corrected chi connectivity index (χ1v) is 6.36. The molecule has 4 bridgehead atoms. The SMILES string of the molecule is O=C(Cl)COC1[C@H]2C3CC34CCC23CC143. The van der Waals surface area contributed by atoms with Gasteiger partial charge in [-0.05, 0) is 60.0 Å². The van der Waals surface area contributed by atoms with Gasteiger partial charge in [-0.1, -0.05) is 0 Å². The van der Waals surface area contributed by atoms with Gasteiger partial charge < -0.3 is 4.74 Å². The Hall–Kier alpha value is -0.0800. The molecule has 3 heteroatoms. The molecule has 15 heavy (non-hydrogen) atoms. The number of carbonyl (C=O) groups excluding carboxylic acids is 1. The molecule has 2 nitrogen and oxygen atoms in total. The monoisotopic (exact) mass is 224 g/mol. The van der Waals surface area contributed by atoms with Gasteiger partial charge in [0.25, 0.3) is 0 Å². The van der Waals surface area contributed by atoms with Gasteiger partial charge in [0.05, 0.1) is 6.10 Å². The summed E-state index contributed by atoms with van der Waals surface area (Å²) in [6.45, 7) is 0.128. The molecule has 5 aliphatic carbocycles. The minimum Gasteiger partial charge on any atom is -0.368 e. The molecule has 0 amide bonds. The zero-order valence-electron chi connectivity index (χ0n) is 8.46. The Balaban J connectivity index is 1.49. The third kappa shape index (κ3) is 0.500. The van der Waals surface area contributed by atoms with E-state index in [1.807, 2.05) is 0 Å². The van der Waals surface area contributed by atoms with Crippen LogP contribution in [-0.4, -0.2) is 18.0 Å². The van der Waals surface area contributed by atoms with Crippen molar-refractivity contribution in [1.82, 2.24) is 0 Å². The van der Waals surface area contributed by atoms with E-state index in [1.165, 1.54) is 25.7 Å². The minimum absolute atomic E-state index is 0.128. The van der Waals surface area contributed by atoms with Gasteiger partial charge in [0.2, 0.25) is 5.24 Å². The highest BCUT2D eigenvalue weighted by Gasteiger charge is 3.05. The van der Waals surface area contributed by atoms with Gasteiger partial charge in [0.15, 0.2) is 0 Å². The fourth-order valence-corrected chi connectivity index (χ4v) is 6.52. The predicted molar refractivity (Wildman–Crippen MR) is 53.3 cm³/mol. The molecule has 5 fully saturated rings. The highest BCUT2D eigenvalue weighted by molar-refractivity contribution is 6.63. The van der Waals surface area contributed by atoms with Crippen LogP contribution in [0, 0.1) is 28.1 Å². The van der Waals surface area contributed by atoms with Crippen LogP contribution in [0.1, 0.15) is 25.7 Å². The number of fused-ring (bicyclic) bond motifs is 1. The molecule has 0 aliphatic heterocycles. The quantitative estimate of drug-likeness (QED) is 0.685. The lowest BCUT2D eigenvalue weighted by molar-refractivity contribution is -0.136. The summed E-state index contributed by atoms with van der Waals surface area (Å²) in [6, 6.07) is 0. The van der Waals surface area contributed by atoms with Crippen molar-refractivity contribution < 1.29 is 9.53 Å². The van der Waals surface area contributed by atoms with E-state index in [0.29, 0.717) is 22.3 Å². The van der Waals surface area contributed by atoms with E-state index in [0.717, 1.165) is 11.8 Å². The first-order valence-electron chi connectivity index (χ1n) is 5.98. The van der Waals surface area contributed by atoms with Crippen molar-refractivity contribution >= 4 is 16.8 Å². The van der Waals surface area contributed by atoms with Crippen molar-refractivity contribution in [3.8, 4) is 0 Å². The van der Waals surface area contributed by atoms with Crippen molar-refractivity contribution in [2.75, 3.05) is 6.61 Å². The molecule has 80 valence electrons. The van der Waals surface area contributed by atoms with Crippen LogP contribution in [0.3, 0.4) is 0 Å². The molecule has 6 atom stereocenters. The van der Waals surface area contributed by atoms with Gasteiger partial charge >= 0.3 is 0 Å². The summed E-state index contributed by atoms with van der Waals surface area (Å²) in [7, 11) is 0. The predicted octanol–water partition coefficient (Wildman–Crippen LogP) is 1.96. The van der Waals surface area contributed by atoms with Gasteiger partial charge in [0, 0.05) is 5.41 Å². The molecule has 1 spiro atoms. The zero-order chi connectivity index (χ0) is 10.1. The van der Waals surface area contributed by atoms with Crippen LogP contribution in [0.25, 0.3) is 0 Å². The number of ether oxygens (including phenoxy) is 1. The highest BCUT2D eigenvalue weighted by atomic mass is 35.5. The molecule has 0 aromatic carbocycles. The van der Waals surface area contributed by atoms with Gasteiger partial charge in [0.1, 0.15) is 6.61 Å². The molecule has 5 rings (SSSR count). The second kappa shape index (κ2) is 1.80. The van der Waals surface area contributed by atoms with Crippen molar-refractivity contribution in [3.63, 3.8) is 0 Å². The summed E-state index contributed by atoms with van der Waals surface area (Å²) in [6.07, 6.45) is 6.17. The maximum atomic E-state index is 10.7. The first-order chi connectivity index (χ1) is 7.18. The summed E-state index contributed by atoms with van der Waals surface area (Å²) in [4.78, 5) is 10.7. The normalized spacial score (nSPS) is 69.5. The summed E-state index contributed by atoms with van der Waals surface area (Å²) < 4.78 is 5.76. The third-order valence-electron chi connectivity index (χ3n) is 6.66. The van der Waals surface area contributed by atoms with Crippen LogP contribution in [-0.2, 0) is 9.53 Å². The van der Waals surface area contributed by atoms with E-state index in [-0.39, 0.29) is 11.8 Å². The van der Waals surface area contributed by atoms with Crippen LogP contribution < -0.4 is 0 Å².